The molecule has 2 aliphatic rings. The van der Waals surface area contributed by atoms with Gasteiger partial charge in [-0.1, -0.05) is 67.8 Å². The van der Waals surface area contributed by atoms with Crippen molar-refractivity contribution in [2.24, 2.45) is 0 Å². The van der Waals surface area contributed by atoms with Crippen molar-refractivity contribution in [3.8, 4) is 5.75 Å². The first-order valence-electron chi connectivity index (χ1n) is 10.2. The Morgan fingerprint density at radius 2 is 1.72 bits per heavy atom. The average molecular weight is 407 g/mol. The molecular formula is C24H26N2O2S. The molecule has 1 amide bonds. The van der Waals surface area contributed by atoms with Gasteiger partial charge >= 0.3 is 0 Å². The maximum absolute atomic E-state index is 13.2. The summed E-state index contributed by atoms with van der Waals surface area (Å²) in [6, 6.07) is 18.1. The van der Waals surface area contributed by atoms with Gasteiger partial charge in [-0.3, -0.25) is 9.69 Å². The molecule has 0 N–H and O–H groups in total. The Morgan fingerprint density at radius 3 is 2.48 bits per heavy atom. The van der Waals surface area contributed by atoms with E-state index in [4.69, 9.17) is 17.0 Å². The summed E-state index contributed by atoms with van der Waals surface area (Å²) < 4.78 is 6.05. The number of rotatable bonds is 5. The van der Waals surface area contributed by atoms with Gasteiger partial charge in [-0.15, -0.1) is 0 Å². The zero-order chi connectivity index (χ0) is 20.2. The molecule has 1 saturated heterocycles. The first kappa shape index (κ1) is 19.6. The van der Waals surface area contributed by atoms with Gasteiger partial charge in [0.25, 0.3) is 5.91 Å². The van der Waals surface area contributed by atoms with Crippen molar-refractivity contribution in [2.75, 3.05) is 7.05 Å². The summed E-state index contributed by atoms with van der Waals surface area (Å²) in [6.45, 7) is 0.484. The van der Waals surface area contributed by atoms with Crippen LogP contribution in [0.4, 0.5) is 0 Å². The van der Waals surface area contributed by atoms with Gasteiger partial charge in [0.2, 0.25) is 0 Å². The number of likely N-dealkylation sites (N-methyl/N-ethyl adjacent to an activating group) is 1. The Balaban J connectivity index is 1.57. The minimum atomic E-state index is 0.00209. The van der Waals surface area contributed by atoms with E-state index in [9.17, 15) is 4.79 Å². The molecular weight excluding hydrogens is 380 g/mol. The highest BCUT2D eigenvalue weighted by Crippen LogP contribution is 2.32. The Hall–Kier alpha value is -2.66. The van der Waals surface area contributed by atoms with Gasteiger partial charge in [0.1, 0.15) is 18.1 Å². The zero-order valence-corrected chi connectivity index (χ0v) is 17.5. The molecule has 1 saturated carbocycles. The SMILES string of the molecule is CN1C(=S)N(C2CCCCC2)C(=O)C1=Cc1ccccc1OCc1ccccc1. The van der Waals surface area contributed by atoms with E-state index in [-0.39, 0.29) is 11.9 Å². The number of nitrogens with zero attached hydrogens (tertiary/aromatic N) is 2. The standard InChI is InChI=1S/C24H26N2O2S/c1-25-21(23(27)26(24(25)29)20-13-6-3-7-14-20)16-19-12-8-9-15-22(19)28-17-18-10-4-2-5-11-18/h2,4-5,8-12,15-16,20H,3,6-7,13-14,17H2,1H3. The first-order chi connectivity index (χ1) is 14.1. The van der Waals surface area contributed by atoms with E-state index in [2.05, 4.69) is 0 Å². The number of ether oxygens (including phenoxy) is 1. The van der Waals surface area contributed by atoms with Gasteiger partial charge in [-0.2, -0.15) is 0 Å². The molecule has 2 aromatic rings. The van der Waals surface area contributed by atoms with Crippen molar-refractivity contribution in [1.29, 1.82) is 0 Å². The number of carbonyl (C=O) groups excluding carboxylic acids is 1. The fourth-order valence-corrected chi connectivity index (χ4v) is 4.38. The van der Waals surface area contributed by atoms with Crippen molar-refractivity contribution in [1.82, 2.24) is 9.80 Å². The van der Waals surface area contributed by atoms with E-state index in [1.54, 1.807) is 0 Å². The summed E-state index contributed by atoms with van der Waals surface area (Å²) in [5, 5.41) is 0.607. The number of hydrogen-bond acceptors (Lipinski definition) is 3. The topological polar surface area (TPSA) is 32.8 Å². The van der Waals surface area contributed by atoms with Crippen LogP contribution in [0.15, 0.2) is 60.3 Å². The third kappa shape index (κ3) is 4.20. The predicted octanol–water partition coefficient (Wildman–Crippen LogP) is 5.00. The van der Waals surface area contributed by atoms with Crippen LogP contribution >= 0.6 is 12.2 Å². The van der Waals surface area contributed by atoms with Crippen molar-refractivity contribution in [3.05, 3.63) is 71.4 Å². The smallest absolute Gasteiger partial charge is 0.277 e. The largest absolute Gasteiger partial charge is 0.488 e. The third-order valence-electron chi connectivity index (χ3n) is 5.68. The maximum atomic E-state index is 13.2. The molecule has 2 fully saturated rings. The van der Waals surface area contributed by atoms with Crippen molar-refractivity contribution >= 4 is 29.3 Å². The minimum Gasteiger partial charge on any atom is -0.488 e. The Morgan fingerprint density at radius 1 is 1.03 bits per heavy atom. The molecule has 2 aromatic carbocycles. The van der Waals surface area contributed by atoms with Crippen LogP contribution in [0, 0.1) is 0 Å². The van der Waals surface area contributed by atoms with Gasteiger partial charge in [0.15, 0.2) is 5.11 Å². The van der Waals surface area contributed by atoms with Gasteiger partial charge in [-0.05, 0) is 42.8 Å². The predicted molar refractivity (Wildman–Crippen MR) is 119 cm³/mol. The van der Waals surface area contributed by atoms with Crippen LogP contribution in [0.5, 0.6) is 5.75 Å². The van der Waals surface area contributed by atoms with Crippen LogP contribution in [0.1, 0.15) is 43.2 Å². The van der Waals surface area contributed by atoms with Crippen molar-refractivity contribution in [2.45, 2.75) is 44.8 Å². The second-order valence-electron chi connectivity index (χ2n) is 7.65. The van der Waals surface area contributed by atoms with Crippen LogP contribution in [0.3, 0.4) is 0 Å². The highest BCUT2D eigenvalue weighted by molar-refractivity contribution is 7.80. The maximum Gasteiger partial charge on any atom is 0.277 e. The van der Waals surface area contributed by atoms with Crippen molar-refractivity contribution in [3.63, 3.8) is 0 Å². The van der Waals surface area contributed by atoms with E-state index < -0.39 is 0 Å². The summed E-state index contributed by atoms with van der Waals surface area (Å²) in [5.74, 6) is 0.759. The van der Waals surface area contributed by atoms with Crippen LogP contribution in [-0.2, 0) is 11.4 Å². The second-order valence-corrected chi connectivity index (χ2v) is 8.02. The highest BCUT2D eigenvalue weighted by Gasteiger charge is 2.40. The summed E-state index contributed by atoms with van der Waals surface area (Å²) in [7, 11) is 1.88. The number of benzene rings is 2. The number of hydrogen-bond donors (Lipinski definition) is 0. The third-order valence-corrected chi connectivity index (χ3v) is 6.15. The molecule has 0 radical (unpaired) electrons. The highest BCUT2D eigenvalue weighted by atomic mass is 32.1. The van der Waals surface area contributed by atoms with Gasteiger partial charge in [0, 0.05) is 18.7 Å². The number of amides is 1. The van der Waals surface area contributed by atoms with Crippen LogP contribution in [0.2, 0.25) is 0 Å². The lowest BCUT2D eigenvalue weighted by Gasteiger charge is -2.30. The van der Waals surface area contributed by atoms with Gasteiger partial charge in [-0.25, -0.2) is 0 Å². The molecule has 1 aliphatic carbocycles. The van der Waals surface area contributed by atoms with E-state index in [1.165, 1.54) is 6.42 Å². The Kier molecular flexibility index (Phi) is 5.95. The van der Waals surface area contributed by atoms with E-state index in [0.29, 0.717) is 17.4 Å². The fourth-order valence-electron chi connectivity index (χ4n) is 4.05. The lowest BCUT2D eigenvalue weighted by molar-refractivity contribution is -0.124. The Bertz CT molecular complexity index is 919. The summed E-state index contributed by atoms with van der Waals surface area (Å²) in [5.41, 5.74) is 2.59. The minimum absolute atomic E-state index is 0.00209. The molecule has 1 heterocycles. The van der Waals surface area contributed by atoms with Crippen LogP contribution < -0.4 is 4.74 Å². The van der Waals surface area contributed by atoms with Gasteiger partial charge in [0.05, 0.1) is 0 Å². The quantitative estimate of drug-likeness (QED) is 0.517. The second kappa shape index (κ2) is 8.78. The molecule has 0 atom stereocenters. The molecule has 1 aliphatic heterocycles. The molecule has 29 heavy (non-hydrogen) atoms. The molecule has 0 spiro atoms. The van der Waals surface area contributed by atoms with Gasteiger partial charge < -0.3 is 9.64 Å². The fraction of sp³-hybridized carbons (Fsp3) is 0.333. The molecule has 0 bridgehead atoms. The van der Waals surface area contributed by atoms with E-state index in [0.717, 1.165) is 42.6 Å². The molecule has 0 aromatic heterocycles. The molecule has 150 valence electrons. The molecule has 4 nitrogen and oxygen atoms in total. The van der Waals surface area contributed by atoms with E-state index >= 15 is 0 Å². The first-order valence-corrected chi connectivity index (χ1v) is 10.6. The summed E-state index contributed by atoms with van der Waals surface area (Å²) in [4.78, 5) is 16.9. The van der Waals surface area contributed by atoms with Crippen LogP contribution in [-0.4, -0.2) is 33.9 Å². The lowest BCUT2D eigenvalue weighted by Crippen LogP contribution is -2.41. The zero-order valence-electron chi connectivity index (χ0n) is 16.7. The van der Waals surface area contributed by atoms with E-state index in [1.807, 2.05) is 77.5 Å². The summed E-state index contributed by atoms with van der Waals surface area (Å²) >= 11 is 5.62. The monoisotopic (exact) mass is 406 g/mol. The molecule has 0 unspecified atom stereocenters. The molecule has 4 rings (SSSR count). The average Bonchev–Trinajstić information content (AvgIpc) is 2.97. The number of carbonyl (C=O) groups is 1. The summed E-state index contributed by atoms with van der Waals surface area (Å²) in [6.07, 6.45) is 7.53. The normalized spacial score (nSPS) is 19.3. The van der Waals surface area contributed by atoms with Crippen molar-refractivity contribution < 1.29 is 9.53 Å². The molecule has 5 heteroatoms. The lowest BCUT2D eigenvalue weighted by atomic mass is 9.94. The number of thiocarbonyl (C=S) groups is 1. The number of para-hydroxylation sites is 1. The Labute approximate surface area is 177 Å². The van der Waals surface area contributed by atoms with Crippen LogP contribution in [0.25, 0.3) is 6.08 Å².